The van der Waals surface area contributed by atoms with Crippen LogP contribution in [-0.4, -0.2) is 26.0 Å². The van der Waals surface area contributed by atoms with Crippen molar-refractivity contribution in [3.8, 4) is 11.1 Å². The molecule has 3 aliphatic heterocycles. The lowest BCUT2D eigenvalue weighted by Gasteiger charge is -2.26. The zero-order chi connectivity index (χ0) is 33.9. The van der Waals surface area contributed by atoms with Gasteiger partial charge in [0.05, 0.1) is 28.1 Å². The SMILES string of the molecule is O=C1ON2C3=C(c4ccccc4)c4ccc([nH]4)C(c4ccccc4)=c4ccc([nH]4)=C1c1cc(-c4ccccc4)c([nH]1)C(c1ccccc1)=C2CC3. The van der Waals surface area contributed by atoms with Gasteiger partial charge in [-0.05, 0) is 65.4 Å². The molecule has 3 aromatic heterocycles. The maximum absolute atomic E-state index is 14.8. The van der Waals surface area contributed by atoms with Gasteiger partial charge < -0.3 is 19.8 Å². The Kier molecular flexibility index (Phi) is 6.67. The Balaban J connectivity index is 1.39. The third-order valence-corrected chi connectivity index (χ3v) is 10.1. The van der Waals surface area contributed by atoms with Crippen molar-refractivity contribution in [2.45, 2.75) is 12.8 Å². The van der Waals surface area contributed by atoms with Gasteiger partial charge in [0.2, 0.25) is 0 Å². The number of hydrogen-bond acceptors (Lipinski definition) is 3. The van der Waals surface area contributed by atoms with Crippen molar-refractivity contribution in [1.29, 1.82) is 0 Å². The van der Waals surface area contributed by atoms with E-state index in [1.807, 2.05) is 41.5 Å². The van der Waals surface area contributed by atoms with Crippen LogP contribution in [0.5, 0.6) is 0 Å². The van der Waals surface area contributed by atoms with E-state index in [9.17, 15) is 4.79 Å². The van der Waals surface area contributed by atoms with Crippen molar-refractivity contribution in [3.63, 3.8) is 0 Å². The number of aromatic amines is 3. The second kappa shape index (κ2) is 11.7. The summed E-state index contributed by atoms with van der Waals surface area (Å²) in [4.78, 5) is 32.7. The topological polar surface area (TPSA) is 76.9 Å². The molecule has 0 aliphatic carbocycles. The van der Waals surface area contributed by atoms with Gasteiger partial charge in [-0.25, -0.2) is 4.79 Å². The van der Waals surface area contributed by atoms with Gasteiger partial charge in [-0.2, -0.15) is 5.06 Å². The second-order valence-corrected chi connectivity index (χ2v) is 13.1. The molecule has 51 heavy (non-hydrogen) atoms. The summed E-state index contributed by atoms with van der Waals surface area (Å²) in [5, 5.41) is 3.38. The Morgan fingerprint density at radius 1 is 0.451 bits per heavy atom. The van der Waals surface area contributed by atoms with Gasteiger partial charge in [-0.15, -0.1) is 0 Å². The molecule has 3 N–H and O–H groups in total. The van der Waals surface area contributed by atoms with Crippen LogP contribution in [0.3, 0.4) is 0 Å². The number of benzene rings is 4. The number of rotatable bonds is 4. The summed E-state index contributed by atoms with van der Waals surface area (Å²) < 4.78 is 0. The van der Waals surface area contributed by atoms with E-state index in [2.05, 4.69) is 130 Å². The Morgan fingerprint density at radius 2 is 0.941 bits per heavy atom. The molecule has 0 spiro atoms. The summed E-state index contributed by atoms with van der Waals surface area (Å²) in [6, 6.07) is 52.0. The van der Waals surface area contributed by atoms with Crippen molar-refractivity contribution < 1.29 is 9.63 Å². The fourth-order valence-corrected chi connectivity index (χ4v) is 7.87. The molecular weight excluding hydrogens is 629 g/mol. The fraction of sp³-hybridized carbons (Fsp3) is 0.0444. The first-order valence-electron chi connectivity index (χ1n) is 17.3. The third-order valence-electron chi connectivity index (χ3n) is 10.1. The number of carbonyl (C=O) groups excluding carboxylic acids is 1. The number of nitrogens with zero attached hydrogens (tertiary/aromatic N) is 1. The highest BCUT2D eigenvalue weighted by Crippen LogP contribution is 2.46. The maximum atomic E-state index is 14.8. The van der Waals surface area contributed by atoms with Crippen LogP contribution in [-0.2, 0) is 9.63 Å². The zero-order valence-corrected chi connectivity index (χ0v) is 27.6. The van der Waals surface area contributed by atoms with Gasteiger partial charge in [0.15, 0.2) is 0 Å². The number of carbonyl (C=O) groups is 1. The normalized spacial score (nSPS) is 15.2. The number of nitrogens with one attached hydrogen (secondary N) is 3. The molecule has 244 valence electrons. The summed E-state index contributed by atoms with van der Waals surface area (Å²) in [6.07, 6.45) is 1.34. The molecule has 0 unspecified atom stereocenters. The van der Waals surface area contributed by atoms with Crippen LogP contribution in [0.25, 0.3) is 33.4 Å². The standard InChI is InChI=1S/C45H32N4O2/c50-45-43-36-24-22-34(47-36)40(29-15-7-2-8-16-29)33-21-23-35(46-33)41(30-17-9-3-10-18-30)38-25-26-39(49(38)51-45)42(31-19-11-4-12-20-31)44-32(27-37(43)48-44)28-13-5-1-6-14-28/h1-24,27,46-48H,25-26H2. The van der Waals surface area contributed by atoms with E-state index >= 15 is 0 Å². The lowest BCUT2D eigenvalue weighted by Crippen LogP contribution is -2.27. The lowest BCUT2D eigenvalue weighted by molar-refractivity contribution is -0.164. The Morgan fingerprint density at radius 3 is 1.55 bits per heavy atom. The number of allylic oxidation sites excluding steroid dienone is 2. The van der Waals surface area contributed by atoms with Gasteiger partial charge in [-0.3, -0.25) is 0 Å². The largest absolute Gasteiger partial charge is 0.367 e. The second-order valence-electron chi connectivity index (χ2n) is 13.1. The molecular formula is C45H32N4O2. The molecule has 10 rings (SSSR count). The van der Waals surface area contributed by atoms with Crippen LogP contribution in [0.4, 0.5) is 0 Å². The molecule has 6 nitrogen and oxygen atoms in total. The van der Waals surface area contributed by atoms with Gasteiger partial charge in [0.1, 0.15) is 5.57 Å². The molecule has 0 radical (unpaired) electrons. The molecule has 8 bridgehead atoms. The van der Waals surface area contributed by atoms with Crippen molar-refractivity contribution in [1.82, 2.24) is 20.0 Å². The summed E-state index contributed by atoms with van der Waals surface area (Å²) in [5.74, 6) is -0.443. The van der Waals surface area contributed by atoms with Crippen molar-refractivity contribution >= 4 is 28.3 Å². The average Bonchev–Trinajstić information content (AvgIpc) is 4.00. The third kappa shape index (κ3) is 4.76. The summed E-state index contributed by atoms with van der Waals surface area (Å²) in [6.45, 7) is 0. The van der Waals surface area contributed by atoms with Gasteiger partial charge >= 0.3 is 5.97 Å². The van der Waals surface area contributed by atoms with E-state index in [1.165, 1.54) is 0 Å². The highest BCUT2D eigenvalue weighted by molar-refractivity contribution is 6.16. The minimum absolute atomic E-state index is 0.434. The number of hydrogen-bond donors (Lipinski definition) is 3. The van der Waals surface area contributed by atoms with E-state index in [1.54, 1.807) is 0 Å². The van der Waals surface area contributed by atoms with Gasteiger partial charge in [0, 0.05) is 39.0 Å². The van der Waals surface area contributed by atoms with Crippen LogP contribution < -0.4 is 10.7 Å². The van der Waals surface area contributed by atoms with Crippen molar-refractivity contribution in [3.05, 3.63) is 213 Å². The van der Waals surface area contributed by atoms with E-state index in [-0.39, 0.29) is 0 Å². The molecule has 6 heterocycles. The average molecular weight is 661 g/mol. The number of aromatic nitrogens is 3. The highest BCUT2D eigenvalue weighted by Gasteiger charge is 2.37. The van der Waals surface area contributed by atoms with Crippen LogP contribution in [0.2, 0.25) is 0 Å². The number of hydroxylamine groups is 2. The van der Waals surface area contributed by atoms with Gasteiger partial charge in [0.25, 0.3) is 0 Å². The van der Waals surface area contributed by atoms with Crippen molar-refractivity contribution in [2.24, 2.45) is 0 Å². The molecule has 0 atom stereocenters. The first kappa shape index (κ1) is 29.2. The molecule has 6 heteroatoms. The van der Waals surface area contributed by atoms with E-state index < -0.39 is 5.97 Å². The lowest BCUT2D eigenvalue weighted by atomic mass is 9.94. The first-order chi connectivity index (χ1) is 25.2. The molecule has 4 aromatic carbocycles. The minimum atomic E-state index is -0.443. The predicted octanol–water partition coefficient (Wildman–Crippen LogP) is 7.88. The highest BCUT2D eigenvalue weighted by atomic mass is 16.7. The minimum Gasteiger partial charge on any atom is -0.354 e. The van der Waals surface area contributed by atoms with Gasteiger partial charge in [-0.1, -0.05) is 121 Å². The van der Waals surface area contributed by atoms with Crippen LogP contribution in [0, 0.1) is 0 Å². The molecule has 0 saturated carbocycles. The van der Waals surface area contributed by atoms with Crippen LogP contribution >= 0.6 is 0 Å². The Labute approximate surface area is 294 Å². The monoisotopic (exact) mass is 660 g/mol. The Hall–Kier alpha value is -6.79. The summed E-state index contributed by atoms with van der Waals surface area (Å²) in [5.41, 5.74) is 14.0. The van der Waals surface area contributed by atoms with E-state index in [4.69, 9.17) is 4.84 Å². The Bertz CT molecular complexity index is 2660. The van der Waals surface area contributed by atoms with E-state index in [0.717, 1.165) is 78.4 Å². The molecule has 3 aliphatic rings. The maximum Gasteiger partial charge on any atom is 0.367 e. The number of fused-ring (bicyclic) bond motifs is 9. The first-order valence-corrected chi connectivity index (χ1v) is 17.3. The van der Waals surface area contributed by atoms with Crippen molar-refractivity contribution in [2.75, 3.05) is 0 Å². The fourth-order valence-electron chi connectivity index (χ4n) is 7.87. The van der Waals surface area contributed by atoms with E-state index in [0.29, 0.717) is 29.5 Å². The summed E-state index contributed by atoms with van der Waals surface area (Å²) >= 11 is 0. The molecule has 7 aromatic rings. The number of H-pyrrole nitrogens is 3. The van der Waals surface area contributed by atoms with Crippen LogP contribution in [0.1, 0.15) is 52.3 Å². The zero-order valence-electron chi connectivity index (χ0n) is 27.6. The molecule has 1 saturated heterocycles. The smallest absolute Gasteiger partial charge is 0.354 e. The van der Waals surface area contributed by atoms with Crippen LogP contribution in [0.15, 0.2) is 163 Å². The molecule has 0 amide bonds. The predicted molar refractivity (Wildman–Crippen MR) is 200 cm³/mol. The molecule has 1 fully saturated rings. The quantitative estimate of drug-likeness (QED) is 0.180. The summed E-state index contributed by atoms with van der Waals surface area (Å²) in [7, 11) is 0.